The minimum Gasteiger partial charge on any atom is -0.383 e. The van der Waals surface area contributed by atoms with Crippen LogP contribution in [0.5, 0.6) is 0 Å². The summed E-state index contributed by atoms with van der Waals surface area (Å²) in [4.78, 5) is 21.2. The number of urea groups is 1. The van der Waals surface area contributed by atoms with E-state index in [2.05, 4.69) is 15.5 Å². The largest absolute Gasteiger partial charge is 0.383 e. The molecule has 3 heterocycles. The average Bonchev–Trinajstić information content (AvgIpc) is 3.45. The van der Waals surface area contributed by atoms with Crippen LogP contribution >= 0.6 is 23.1 Å². The van der Waals surface area contributed by atoms with Crippen LogP contribution in [-0.4, -0.2) is 47.6 Å². The lowest BCUT2D eigenvalue weighted by atomic mass is 9.95. The van der Waals surface area contributed by atoms with Gasteiger partial charge in [0, 0.05) is 17.7 Å². The van der Waals surface area contributed by atoms with E-state index in [9.17, 15) is 4.79 Å². The van der Waals surface area contributed by atoms with Crippen LogP contribution in [0.2, 0.25) is 0 Å². The van der Waals surface area contributed by atoms with Gasteiger partial charge in [-0.05, 0) is 42.3 Å². The fourth-order valence-electron chi connectivity index (χ4n) is 3.40. The number of aromatic nitrogens is 2. The van der Waals surface area contributed by atoms with Crippen LogP contribution in [0.4, 0.5) is 4.79 Å². The van der Waals surface area contributed by atoms with Crippen LogP contribution in [0.3, 0.4) is 0 Å². The number of benzene rings is 1. The number of ether oxygens (including phenoxy) is 1. The Labute approximate surface area is 183 Å². The molecule has 0 saturated carbocycles. The fraction of sp³-hybridized carbons (Fsp3) is 0.286. The Morgan fingerprint density at radius 3 is 2.77 bits per heavy atom. The Kier molecular flexibility index (Phi) is 6.21. The summed E-state index contributed by atoms with van der Waals surface area (Å²) in [5.41, 5.74) is 2.52. The molecule has 1 aliphatic rings. The first-order chi connectivity index (χ1) is 14.6. The molecule has 0 aliphatic carbocycles. The van der Waals surface area contributed by atoms with Crippen molar-refractivity contribution in [2.75, 3.05) is 26.5 Å². The van der Waals surface area contributed by atoms with E-state index in [-0.39, 0.29) is 12.1 Å². The third-order valence-corrected chi connectivity index (χ3v) is 6.57. The first kappa shape index (κ1) is 20.6. The number of hydrogen-bond donors (Lipinski definition) is 1. The number of allylic oxidation sites excluding steroid dienone is 1. The minimum atomic E-state index is -0.385. The Hall–Kier alpha value is -2.62. The predicted octanol–water partition coefficient (Wildman–Crippen LogP) is 4.66. The molecular weight excluding hydrogens is 420 g/mol. The quantitative estimate of drug-likeness (QED) is 0.536. The summed E-state index contributed by atoms with van der Waals surface area (Å²) < 4.78 is 10.8. The molecule has 1 aromatic carbocycles. The maximum absolute atomic E-state index is 12.8. The van der Waals surface area contributed by atoms with Crippen LogP contribution in [0.25, 0.3) is 16.3 Å². The summed E-state index contributed by atoms with van der Waals surface area (Å²) in [6.45, 7) is 2.76. The van der Waals surface area contributed by atoms with Gasteiger partial charge in [-0.2, -0.15) is 4.98 Å². The van der Waals surface area contributed by atoms with Crippen molar-refractivity contribution in [1.29, 1.82) is 0 Å². The third kappa shape index (κ3) is 4.00. The van der Waals surface area contributed by atoms with Crippen molar-refractivity contribution in [2.24, 2.45) is 0 Å². The van der Waals surface area contributed by atoms with Crippen molar-refractivity contribution in [3.8, 4) is 10.7 Å². The van der Waals surface area contributed by atoms with Crippen LogP contribution in [0.1, 0.15) is 24.4 Å². The highest BCUT2D eigenvalue weighted by atomic mass is 32.2. The van der Waals surface area contributed by atoms with E-state index in [0.29, 0.717) is 24.9 Å². The summed E-state index contributed by atoms with van der Waals surface area (Å²) in [6.07, 6.45) is 2.03. The zero-order valence-electron chi connectivity index (χ0n) is 16.9. The second kappa shape index (κ2) is 9.03. The molecule has 7 nitrogen and oxygen atoms in total. The molecule has 1 aliphatic heterocycles. The molecule has 4 rings (SSSR count). The number of rotatable bonds is 7. The smallest absolute Gasteiger partial charge is 0.322 e. The zero-order valence-corrected chi connectivity index (χ0v) is 18.5. The van der Waals surface area contributed by atoms with E-state index < -0.39 is 0 Å². The molecule has 0 fully saturated rings. The first-order valence-corrected chi connectivity index (χ1v) is 11.5. The van der Waals surface area contributed by atoms with Crippen LogP contribution < -0.4 is 5.32 Å². The molecule has 2 aromatic heterocycles. The minimum absolute atomic E-state index is 0.176. The number of amides is 2. The monoisotopic (exact) mass is 442 g/mol. The molecule has 0 bridgehead atoms. The summed E-state index contributed by atoms with van der Waals surface area (Å²) in [5, 5.41) is 9.23. The Morgan fingerprint density at radius 2 is 2.10 bits per heavy atom. The van der Waals surface area contributed by atoms with Gasteiger partial charge in [-0.3, -0.25) is 4.90 Å². The molecule has 9 heteroatoms. The van der Waals surface area contributed by atoms with Crippen molar-refractivity contribution in [3.05, 3.63) is 58.9 Å². The zero-order chi connectivity index (χ0) is 21.1. The lowest BCUT2D eigenvalue weighted by Crippen LogP contribution is -2.47. The molecule has 1 N–H and O–H groups in total. The molecule has 1 atom stereocenters. The average molecular weight is 443 g/mol. The van der Waals surface area contributed by atoms with Crippen molar-refractivity contribution in [3.63, 3.8) is 0 Å². The van der Waals surface area contributed by atoms with Crippen molar-refractivity contribution in [2.45, 2.75) is 17.9 Å². The molecule has 2 amide bonds. The van der Waals surface area contributed by atoms with E-state index in [1.807, 2.05) is 55.0 Å². The summed E-state index contributed by atoms with van der Waals surface area (Å²) in [6, 6.07) is 11.5. The number of thiophene rings is 1. The number of nitrogens with zero attached hydrogens (tertiary/aromatic N) is 3. The van der Waals surface area contributed by atoms with Gasteiger partial charge in [-0.25, -0.2) is 4.79 Å². The van der Waals surface area contributed by atoms with Gasteiger partial charge in [0.1, 0.15) is 0 Å². The standard InChI is InChI=1S/C21H22N4O3S2/c1-13-17(20-23-19(24-28-20)16-5-4-12-30-16)18(14-6-8-15(29-3)9-7-14)22-21(26)25(13)10-11-27-2/h4-9,12,18H,10-11H2,1-3H3,(H,22,26). The number of nitrogens with one attached hydrogen (secondary N) is 1. The maximum atomic E-state index is 12.8. The topological polar surface area (TPSA) is 80.5 Å². The van der Waals surface area contributed by atoms with Gasteiger partial charge in [0.05, 0.1) is 29.6 Å². The summed E-state index contributed by atoms with van der Waals surface area (Å²) >= 11 is 3.22. The van der Waals surface area contributed by atoms with Crippen molar-refractivity contribution >= 4 is 34.7 Å². The van der Waals surface area contributed by atoms with Crippen molar-refractivity contribution < 1.29 is 14.1 Å². The second-order valence-corrected chi connectivity index (χ2v) is 8.53. The summed E-state index contributed by atoms with van der Waals surface area (Å²) in [7, 11) is 1.61. The van der Waals surface area contributed by atoms with Gasteiger partial charge in [0.25, 0.3) is 5.89 Å². The molecule has 30 heavy (non-hydrogen) atoms. The lowest BCUT2D eigenvalue weighted by Gasteiger charge is -2.35. The van der Waals surface area contributed by atoms with E-state index in [1.54, 1.807) is 35.1 Å². The SMILES string of the molecule is COCCN1C(=O)NC(c2ccc(SC)cc2)C(c2nc(-c3cccs3)no2)=C1C. The third-order valence-electron chi connectivity index (χ3n) is 4.96. The molecule has 0 saturated heterocycles. The molecule has 0 spiro atoms. The molecular formula is C21H22N4O3S2. The fourth-order valence-corrected chi connectivity index (χ4v) is 4.45. The van der Waals surface area contributed by atoms with Crippen molar-refractivity contribution in [1.82, 2.24) is 20.4 Å². The number of thioether (sulfide) groups is 1. The van der Waals surface area contributed by atoms with Gasteiger partial charge in [-0.15, -0.1) is 23.1 Å². The van der Waals surface area contributed by atoms with Crippen LogP contribution in [0, 0.1) is 0 Å². The van der Waals surface area contributed by atoms with Gasteiger partial charge < -0.3 is 14.6 Å². The van der Waals surface area contributed by atoms with E-state index in [4.69, 9.17) is 9.26 Å². The molecule has 156 valence electrons. The number of methoxy groups -OCH3 is 1. The first-order valence-electron chi connectivity index (χ1n) is 9.42. The lowest BCUT2D eigenvalue weighted by molar-refractivity contribution is 0.158. The Bertz CT molecular complexity index is 1040. The van der Waals surface area contributed by atoms with Crippen LogP contribution in [-0.2, 0) is 4.74 Å². The van der Waals surface area contributed by atoms with Gasteiger partial charge >= 0.3 is 6.03 Å². The molecule has 3 aromatic rings. The van der Waals surface area contributed by atoms with Gasteiger partial charge in [0.15, 0.2) is 0 Å². The molecule has 1 unspecified atom stereocenters. The Balaban J connectivity index is 1.78. The van der Waals surface area contributed by atoms with Crippen LogP contribution in [0.15, 0.2) is 56.9 Å². The highest BCUT2D eigenvalue weighted by Crippen LogP contribution is 2.38. The second-order valence-electron chi connectivity index (χ2n) is 6.70. The highest BCUT2D eigenvalue weighted by molar-refractivity contribution is 7.98. The maximum Gasteiger partial charge on any atom is 0.322 e. The van der Waals surface area contributed by atoms with E-state index in [1.165, 1.54) is 0 Å². The van der Waals surface area contributed by atoms with Gasteiger partial charge in [0.2, 0.25) is 5.82 Å². The van der Waals surface area contributed by atoms with E-state index >= 15 is 0 Å². The summed E-state index contributed by atoms with van der Waals surface area (Å²) in [5.74, 6) is 0.939. The highest BCUT2D eigenvalue weighted by Gasteiger charge is 2.35. The number of hydrogen-bond acceptors (Lipinski definition) is 7. The predicted molar refractivity (Wildman–Crippen MR) is 118 cm³/mol. The number of carbonyl (C=O) groups is 1. The Morgan fingerprint density at radius 1 is 1.30 bits per heavy atom. The van der Waals surface area contributed by atoms with E-state index in [0.717, 1.165) is 26.6 Å². The molecule has 0 radical (unpaired) electrons. The van der Waals surface area contributed by atoms with Gasteiger partial charge in [-0.1, -0.05) is 23.4 Å². The number of carbonyl (C=O) groups excluding carboxylic acids is 1. The normalized spacial score (nSPS) is 16.8.